The van der Waals surface area contributed by atoms with Gasteiger partial charge in [-0.1, -0.05) is 12.1 Å². The third-order valence-corrected chi connectivity index (χ3v) is 2.73. The molecule has 0 spiro atoms. The molecule has 2 rings (SSSR count). The average Bonchev–Trinajstić information content (AvgIpc) is 2.15. The Hall–Kier alpha value is -1.42. The number of rotatable bonds is 3. The zero-order valence-corrected chi connectivity index (χ0v) is 8.82. The van der Waals surface area contributed by atoms with Crippen LogP contribution >= 0.6 is 0 Å². The van der Waals surface area contributed by atoms with Gasteiger partial charge < -0.3 is 10.4 Å². The lowest BCUT2D eigenvalue weighted by Gasteiger charge is -2.31. The SMILES string of the molecule is O=C(Cc1cccc(F)c1)NC1CC(O)C1. The standard InChI is InChI=1S/C12H14FNO2/c13-9-3-1-2-8(4-9)5-12(16)14-10-6-11(15)7-10/h1-4,10-11,15H,5-7H2,(H,14,16). The molecule has 2 N–H and O–H groups in total. The molecule has 4 heteroatoms. The lowest BCUT2D eigenvalue weighted by molar-refractivity contribution is -0.122. The van der Waals surface area contributed by atoms with Crippen molar-refractivity contribution in [2.24, 2.45) is 0 Å². The summed E-state index contributed by atoms with van der Waals surface area (Å²) in [6, 6.07) is 6.10. The van der Waals surface area contributed by atoms with Gasteiger partial charge in [0.1, 0.15) is 5.82 Å². The molecule has 0 aliphatic heterocycles. The Morgan fingerprint density at radius 3 is 2.88 bits per heavy atom. The quantitative estimate of drug-likeness (QED) is 0.803. The van der Waals surface area contributed by atoms with Crippen LogP contribution in [0.3, 0.4) is 0 Å². The van der Waals surface area contributed by atoms with Gasteiger partial charge in [0.15, 0.2) is 0 Å². The van der Waals surface area contributed by atoms with Crippen LogP contribution in [0.25, 0.3) is 0 Å². The van der Waals surface area contributed by atoms with E-state index in [0.29, 0.717) is 18.4 Å². The van der Waals surface area contributed by atoms with Gasteiger partial charge in [-0.25, -0.2) is 4.39 Å². The molecule has 1 saturated carbocycles. The first-order chi connectivity index (χ1) is 7.63. The van der Waals surface area contributed by atoms with Gasteiger partial charge in [0, 0.05) is 6.04 Å². The summed E-state index contributed by atoms with van der Waals surface area (Å²) in [6.07, 6.45) is 1.15. The van der Waals surface area contributed by atoms with Crippen LogP contribution in [-0.2, 0) is 11.2 Å². The molecule has 0 heterocycles. The molecule has 16 heavy (non-hydrogen) atoms. The fourth-order valence-corrected chi connectivity index (χ4v) is 1.82. The number of hydrogen-bond acceptors (Lipinski definition) is 2. The van der Waals surface area contributed by atoms with Gasteiger partial charge in [0.05, 0.1) is 12.5 Å². The summed E-state index contributed by atoms with van der Waals surface area (Å²) in [7, 11) is 0. The maximum Gasteiger partial charge on any atom is 0.224 e. The highest BCUT2D eigenvalue weighted by Gasteiger charge is 2.28. The van der Waals surface area contributed by atoms with Crippen molar-refractivity contribution in [1.82, 2.24) is 5.32 Å². The molecule has 1 aromatic rings. The summed E-state index contributed by atoms with van der Waals surface area (Å²) in [4.78, 5) is 11.5. The Labute approximate surface area is 93.3 Å². The molecule has 0 saturated heterocycles. The molecule has 1 fully saturated rings. The number of benzene rings is 1. The molecule has 1 aliphatic carbocycles. The van der Waals surface area contributed by atoms with E-state index in [2.05, 4.69) is 5.32 Å². The number of nitrogens with one attached hydrogen (secondary N) is 1. The molecule has 1 amide bonds. The van der Waals surface area contributed by atoms with Gasteiger partial charge in [-0.15, -0.1) is 0 Å². The van der Waals surface area contributed by atoms with Gasteiger partial charge in [0.2, 0.25) is 5.91 Å². The summed E-state index contributed by atoms with van der Waals surface area (Å²) < 4.78 is 12.8. The fraction of sp³-hybridized carbons (Fsp3) is 0.417. The van der Waals surface area contributed by atoms with E-state index in [-0.39, 0.29) is 30.3 Å². The third kappa shape index (κ3) is 2.79. The van der Waals surface area contributed by atoms with Crippen LogP contribution < -0.4 is 5.32 Å². The first kappa shape index (κ1) is 11.1. The topological polar surface area (TPSA) is 49.3 Å². The molecular formula is C12H14FNO2. The van der Waals surface area contributed by atoms with Crippen molar-refractivity contribution in [1.29, 1.82) is 0 Å². The molecule has 1 aliphatic rings. The minimum Gasteiger partial charge on any atom is -0.393 e. The highest BCUT2D eigenvalue weighted by molar-refractivity contribution is 5.78. The van der Waals surface area contributed by atoms with Gasteiger partial charge in [-0.2, -0.15) is 0 Å². The van der Waals surface area contributed by atoms with E-state index in [4.69, 9.17) is 5.11 Å². The van der Waals surface area contributed by atoms with E-state index in [1.54, 1.807) is 12.1 Å². The number of halogens is 1. The van der Waals surface area contributed by atoms with Crippen molar-refractivity contribution >= 4 is 5.91 Å². The molecular weight excluding hydrogens is 209 g/mol. The van der Waals surface area contributed by atoms with Gasteiger partial charge >= 0.3 is 0 Å². The van der Waals surface area contributed by atoms with E-state index >= 15 is 0 Å². The number of aliphatic hydroxyl groups is 1. The van der Waals surface area contributed by atoms with E-state index in [1.165, 1.54) is 12.1 Å². The summed E-state index contributed by atoms with van der Waals surface area (Å²) in [5.74, 6) is -0.452. The normalized spacial score (nSPS) is 23.6. The Morgan fingerprint density at radius 2 is 2.25 bits per heavy atom. The molecule has 0 bridgehead atoms. The van der Waals surface area contributed by atoms with Crippen LogP contribution in [0.1, 0.15) is 18.4 Å². The molecule has 86 valence electrons. The molecule has 0 radical (unpaired) electrons. The smallest absolute Gasteiger partial charge is 0.224 e. The highest BCUT2D eigenvalue weighted by Crippen LogP contribution is 2.19. The van der Waals surface area contributed by atoms with Crippen molar-refractivity contribution in [3.8, 4) is 0 Å². The minimum absolute atomic E-state index is 0.0797. The van der Waals surface area contributed by atoms with Crippen LogP contribution in [0.15, 0.2) is 24.3 Å². The van der Waals surface area contributed by atoms with Crippen molar-refractivity contribution in [2.75, 3.05) is 0 Å². The maximum absolute atomic E-state index is 12.8. The average molecular weight is 223 g/mol. The van der Waals surface area contributed by atoms with Crippen molar-refractivity contribution in [2.45, 2.75) is 31.4 Å². The number of carbonyl (C=O) groups is 1. The Balaban J connectivity index is 1.83. The van der Waals surface area contributed by atoms with Crippen LogP contribution in [0.2, 0.25) is 0 Å². The third-order valence-electron chi connectivity index (χ3n) is 2.73. The van der Waals surface area contributed by atoms with Crippen molar-refractivity contribution in [3.63, 3.8) is 0 Å². The minimum atomic E-state index is -0.329. The monoisotopic (exact) mass is 223 g/mol. The summed E-state index contributed by atoms with van der Waals surface area (Å²) in [5.41, 5.74) is 0.664. The fourth-order valence-electron chi connectivity index (χ4n) is 1.82. The molecule has 0 atom stereocenters. The van der Waals surface area contributed by atoms with E-state index in [0.717, 1.165) is 0 Å². The second-order valence-electron chi connectivity index (χ2n) is 4.20. The largest absolute Gasteiger partial charge is 0.393 e. The summed E-state index contributed by atoms with van der Waals surface area (Å²) in [6.45, 7) is 0. The Bertz CT molecular complexity index is 388. The zero-order valence-electron chi connectivity index (χ0n) is 8.82. The molecule has 1 aromatic carbocycles. The molecule has 3 nitrogen and oxygen atoms in total. The molecule has 0 unspecified atom stereocenters. The van der Waals surface area contributed by atoms with E-state index in [1.807, 2.05) is 0 Å². The van der Waals surface area contributed by atoms with E-state index in [9.17, 15) is 9.18 Å². The predicted molar refractivity (Wildman–Crippen MR) is 57.3 cm³/mol. The summed E-state index contributed by atoms with van der Waals surface area (Å²) >= 11 is 0. The predicted octanol–water partition coefficient (Wildman–Crippen LogP) is 1.01. The van der Waals surface area contributed by atoms with Crippen molar-refractivity contribution < 1.29 is 14.3 Å². The highest BCUT2D eigenvalue weighted by atomic mass is 19.1. The van der Waals surface area contributed by atoms with Crippen LogP contribution in [0.4, 0.5) is 4.39 Å². The lowest BCUT2D eigenvalue weighted by atomic mass is 9.89. The number of aliphatic hydroxyl groups excluding tert-OH is 1. The first-order valence-electron chi connectivity index (χ1n) is 5.35. The van der Waals surface area contributed by atoms with Crippen LogP contribution in [-0.4, -0.2) is 23.2 Å². The zero-order chi connectivity index (χ0) is 11.5. The molecule has 0 aromatic heterocycles. The summed E-state index contributed by atoms with van der Waals surface area (Å²) in [5, 5.41) is 11.8. The van der Waals surface area contributed by atoms with Gasteiger partial charge in [0.25, 0.3) is 0 Å². The van der Waals surface area contributed by atoms with Gasteiger partial charge in [-0.05, 0) is 30.5 Å². The number of carbonyl (C=O) groups excluding carboxylic acids is 1. The second kappa shape index (κ2) is 4.61. The lowest BCUT2D eigenvalue weighted by Crippen LogP contribution is -2.47. The number of amides is 1. The Kier molecular flexibility index (Phi) is 3.19. The van der Waals surface area contributed by atoms with Crippen molar-refractivity contribution in [3.05, 3.63) is 35.6 Å². The maximum atomic E-state index is 12.8. The Morgan fingerprint density at radius 1 is 1.50 bits per heavy atom. The number of hydrogen-bond donors (Lipinski definition) is 2. The van der Waals surface area contributed by atoms with E-state index < -0.39 is 0 Å². The van der Waals surface area contributed by atoms with Gasteiger partial charge in [-0.3, -0.25) is 4.79 Å². The first-order valence-corrected chi connectivity index (χ1v) is 5.35. The second-order valence-corrected chi connectivity index (χ2v) is 4.20. The van der Waals surface area contributed by atoms with Crippen LogP contribution in [0.5, 0.6) is 0 Å². The van der Waals surface area contributed by atoms with Crippen LogP contribution in [0, 0.1) is 5.82 Å².